The molecule has 0 bridgehead atoms. The average Bonchev–Trinajstić information content (AvgIpc) is 2.85. The summed E-state index contributed by atoms with van der Waals surface area (Å²) in [5, 5.41) is 1.05. The van der Waals surface area contributed by atoms with Gasteiger partial charge in [-0.3, -0.25) is 4.90 Å². The predicted octanol–water partition coefficient (Wildman–Crippen LogP) is 5.01. The van der Waals surface area contributed by atoms with Gasteiger partial charge in [-0.05, 0) is 37.6 Å². The van der Waals surface area contributed by atoms with Gasteiger partial charge in [0.05, 0.1) is 31.0 Å². The molecule has 0 N–H and O–H groups in total. The lowest BCUT2D eigenvalue weighted by Crippen LogP contribution is -2.38. The first-order valence-electron chi connectivity index (χ1n) is 11.9. The van der Waals surface area contributed by atoms with Crippen LogP contribution in [-0.4, -0.2) is 55.9 Å². The maximum Gasteiger partial charge on any atom is 0.133 e. The first kappa shape index (κ1) is 23.3. The molecule has 1 saturated heterocycles. The fourth-order valence-corrected chi connectivity index (χ4v) is 3.89. The lowest BCUT2D eigenvalue weighted by atomic mass is 10.1. The van der Waals surface area contributed by atoms with E-state index in [2.05, 4.69) is 24.8 Å². The third-order valence-corrected chi connectivity index (χ3v) is 5.88. The van der Waals surface area contributed by atoms with Crippen LogP contribution in [0.5, 0.6) is 17.2 Å². The van der Waals surface area contributed by atoms with Crippen LogP contribution in [0.15, 0.2) is 48.5 Å². The summed E-state index contributed by atoms with van der Waals surface area (Å²) in [6.45, 7) is 10.4. The second-order valence-electron chi connectivity index (χ2n) is 8.30. The van der Waals surface area contributed by atoms with E-state index in [0.717, 1.165) is 85.1 Å². The maximum atomic E-state index is 6.17. The van der Waals surface area contributed by atoms with E-state index in [9.17, 15) is 0 Å². The first-order chi connectivity index (χ1) is 16.2. The van der Waals surface area contributed by atoms with E-state index in [1.54, 1.807) is 0 Å². The van der Waals surface area contributed by atoms with E-state index >= 15 is 0 Å². The summed E-state index contributed by atoms with van der Waals surface area (Å²) in [7, 11) is 0. The summed E-state index contributed by atoms with van der Waals surface area (Å²) in [4.78, 5) is 7.21. The number of ether oxygens (including phenoxy) is 4. The van der Waals surface area contributed by atoms with E-state index in [4.69, 9.17) is 23.9 Å². The van der Waals surface area contributed by atoms with Crippen molar-refractivity contribution in [3.63, 3.8) is 0 Å². The molecule has 2 heterocycles. The fraction of sp³-hybridized carbons (Fsp3) is 0.444. The Morgan fingerprint density at radius 1 is 0.939 bits per heavy atom. The molecule has 0 spiro atoms. The number of hydrogen-bond donors (Lipinski definition) is 0. The van der Waals surface area contributed by atoms with Crippen molar-refractivity contribution in [1.29, 1.82) is 0 Å². The SMILES string of the molecule is CCCCOc1c(C)c(COc2cccc(OCCN3CCOCC3)c2)nc2ccccc12. The molecule has 0 radical (unpaired) electrons. The Labute approximate surface area is 196 Å². The van der Waals surface area contributed by atoms with E-state index in [-0.39, 0.29) is 0 Å². The lowest BCUT2D eigenvalue weighted by molar-refractivity contribution is 0.0322. The van der Waals surface area contributed by atoms with Crippen LogP contribution in [0.1, 0.15) is 31.0 Å². The lowest BCUT2D eigenvalue weighted by Gasteiger charge is -2.26. The van der Waals surface area contributed by atoms with E-state index in [1.165, 1.54) is 0 Å². The Kier molecular flexibility index (Phi) is 8.39. The number of aromatic nitrogens is 1. The van der Waals surface area contributed by atoms with Crippen LogP contribution in [-0.2, 0) is 11.3 Å². The Morgan fingerprint density at radius 2 is 1.73 bits per heavy atom. The Hall–Kier alpha value is -2.83. The molecule has 0 aliphatic carbocycles. The molecular weight excluding hydrogens is 416 g/mol. The van der Waals surface area contributed by atoms with Gasteiger partial charge in [0.1, 0.15) is 30.5 Å². The molecule has 0 saturated carbocycles. The molecule has 0 atom stereocenters. The molecule has 6 heteroatoms. The van der Waals surface area contributed by atoms with Crippen LogP contribution in [0.25, 0.3) is 10.9 Å². The van der Waals surface area contributed by atoms with Crippen molar-refractivity contribution in [3.8, 4) is 17.2 Å². The number of rotatable bonds is 11. The van der Waals surface area contributed by atoms with Gasteiger partial charge in [0.15, 0.2) is 0 Å². The van der Waals surface area contributed by atoms with Gasteiger partial charge in [0.25, 0.3) is 0 Å². The number of unbranched alkanes of at least 4 members (excludes halogenated alkanes) is 1. The summed E-state index contributed by atoms with van der Waals surface area (Å²) >= 11 is 0. The molecule has 1 fully saturated rings. The Bertz CT molecular complexity index is 1030. The highest BCUT2D eigenvalue weighted by atomic mass is 16.5. The van der Waals surface area contributed by atoms with E-state index < -0.39 is 0 Å². The molecule has 6 nitrogen and oxygen atoms in total. The van der Waals surface area contributed by atoms with Gasteiger partial charge in [0.2, 0.25) is 0 Å². The quantitative estimate of drug-likeness (QED) is 0.383. The summed E-state index contributed by atoms with van der Waals surface area (Å²) in [5.74, 6) is 2.49. The third-order valence-electron chi connectivity index (χ3n) is 5.88. The number of fused-ring (bicyclic) bond motifs is 1. The van der Waals surface area contributed by atoms with Gasteiger partial charge in [-0.15, -0.1) is 0 Å². The molecule has 0 amide bonds. The highest BCUT2D eigenvalue weighted by Crippen LogP contribution is 2.31. The molecule has 1 aliphatic rings. The Balaban J connectivity index is 1.40. The van der Waals surface area contributed by atoms with Crippen LogP contribution in [0.2, 0.25) is 0 Å². The van der Waals surface area contributed by atoms with Gasteiger partial charge < -0.3 is 18.9 Å². The van der Waals surface area contributed by atoms with E-state index in [1.807, 2.05) is 42.5 Å². The number of pyridine rings is 1. The largest absolute Gasteiger partial charge is 0.493 e. The molecule has 1 aliphatic heterocycles. The maximum absolute atomic E-state index is 6.17. The molecular formula is C27H34N2O4. The number of nitrogens with zero attached hydrogens (tertiary/aromatic N) is 2. The van der Waals surface area contributed by atoms with Crippen molar-refractivity contribution in [2.75, 3.05) is 46.1 Å². The first-order valence-corrected chi connectivity index (χ1v) is 11.9. The standard InChI is InChI=1S/C27H34N2O4/c1-3-4-15-32-27-21(2)26(28-25-11-6-5-10-24(25)27)20-33-23-9-7-8-22(19-23)31-18-14-29-12-16-30-17-13-29/h5-11,19H,3-4,12-18,20H2,1-2H3. The highest BCUT2D eigenvalue weighted by Gasteiger charge is 2.14. The second-order valence-corrected chi connectivity index (χ2v) is 8.30. The number of benzene rings is 2. The third kappa shape index (κ3) is 6.36. The smallest absolute Gasteiger partial charge is 0.133 e. The minimum Gasteiger partial charge on any atom is -0.493 e. The normalized spacial score (nSPS) is 14.4. The van der Waals surface area contributed by atoms with Crippen molar-refractivity contribution >= 4 is 10.9 Å². The molecule has 33 heavy (non-hydrogen) atoms. The van der Waals surface area contributed by atoms with Crippen LogP contribution in [0.3, 0.4) is 0 Å². The summed E-state index contributed by atoms with van der Waals surface area (Å²) in [6, 6.07) is 15.9. The van der Waals surface area contributed by atoms with E-state index in [0.29, 0.717) is 19.8 Å². The molecule has 0 unspecified atom stereocenters. The Morgan fingerprint density at radius 3 is 2.55 bits per heavy atom. The topological polar surface area (TPSA) is 53.0 Å². The zero-order valence-corrected chi connectivity index (χ0v) is 19.7. The summed E-state index contributed by atoms with van der Waals surface area (Å²) in [6.07, 6.45) is 2.13. The zero-order chi connectivity index (χ0) is 22.9. The molecule has 4 rings (SSSR count). The van der Waals surface area contributed by atoms with Crippen LogP contribution < -0.4 is 14.2 Å². The molecule has 2 aromatic carbocycles. The summed E-state index contributed by atoms with van der Waals surface area (Å²) in [5.41, 5.74) is 2.84. The van der Waals surface area contributed by atoms with Gasteiger partial charge in [-0.1, -0.05) is 31.5 Å². The van der Waals surface area contributed by atoms with Crippen molar-refractivity contribution < 1.29 is 18.9 Å². The van der Waals surface area contributed by atoms with Crippen LogP contribution in [0.4, 0.5) is 0 Å². The zero-order valence-electron chi connectivity index (χ0n) is 19.7. The van der Waals surface area contributed by atoms with Crippen LogP contribution in [0, 0.1) is 6.92 Å². The van der Waals surface area contributed by atoms with Crippen molar-refractivity contribution in [3.05, 3.63) is 59.8 Å². The molecule has 3 aromatic rings. The average molecular weight is 451 g/mol. The molecule has 176 valence electrons. The fourth-order valence-electron chi connectivity index (χ4n) is 3.89. The van der Waals surface area contributed by atoms with Crippen molar-refractivity contribution in [1.82, 2.24) is 9.88 Å². The minimum atomic E-state index is 0.373. The summed E-state index contributed by atoms with van der Waals surface area (Å²) < 4.78 is 23.6. The van der Waals surface area contributed by atoms with Crippen LogP contribution >= 0.6 is 0 Å². The van der Waals surface area contributed by atoms with Crippen molar-refractivity contribution in [2.45, 2.75) is 33.3 Å². The van der Waals surface area contributed by atoms with Crippen molar-refractivity contribution in [2.24, 2.45) is 0 Å². The predicted molar refractivity (Wildman–Crippen MR) is 130 cm³/mol. The second kappa shape index (κ2) is 11.9. The monoisotopic (exact) mass is 450 g/mol. The number of hydrogen-bond acceptors (Lipinski definition) is 6. The number of para-hydroxylation sites is 1. The van der Waals surface area contributed by atoms with Gasteiger partial charge in [-0.2, -0.15) is 0 Å². The molecule has 1 aromatic heterocycles. The van der Waals surface area contributed by atoms with Gasteiger partial charge >= 0.3 is 0 Å². The van der Waals surface area contributed by atoms with Gasteiger partial charge in [0, 0.05) is 36.7 Å². The minimum absolute atomic E-state index is 0.373. The number of morpholine rings is 1. The highest BCUT2D eigenvalue weighted by molar-refractivity contribution is 5.86. The van der Waals surface area contributed by atoms with Gasteiger partial charge in [-0.25, -0.2) is 4.98 Å².